The van der Waals surface area contributed by atoms with Gasteiger partial charge in [-0.05, 0) is 68.4 Å². The second kappa shape index (κ2) is 14.3. The van der Waals surface area contributed by atoms with Crippen molar-refractivity contribution in [2.75, 3.05) is 13.7 Å². The fourth-order valence-corrected chi connectivity index (χ4v) is 8.85. The highest BCUT2D eigenvalue weighted by Crippen LogP contribution is 2.46. The molecule has 3 saturated carbocycles. The molecule has 1 unspecified atom stereocenters. The summed E-state index contributed by atoms with van der Waals surface area (Å²) < 4.78 is 46.6. The lowest BCUT2D eigenvalue weighted by Gasteiger charge is -2.35. The zero-order chi connectivity index (χ0) is 38.6. The number of benzene rings is 1. The summed E-state index contributed by atoms with van der Waals surface area (Å²) in [6, 6.07) is 3.17. The molecule has 2 bridgehead atoms. The normalized spacial score (nSPS) is 30.7. The SMILES string of the molecule is C=C[C@H]1C[C@]1(NC(=O)[C@@H]1CC2CN1C(=O)[C@H](C(C)(C)C)NC(=O)O[C@@H]1C[C@H]1CCCCCc1nc3ccc(OC)cc3nc1O2)/C([O-])=N/S(=O)(=O)C1CC1. The van der Waals surface area contributed by atoms with Crippen LogP contribution in [0.3, 0.4) is 0 Å². The zero-order valence-corrected chi connectivity index (χ0v) is 32.0. The van der Waals surface area contributed by atoms with Gasteiger partial charge in [0.2, 0.25) is 17.7 Å². The van der Waals surface area contributed by atoms with Crippen LogP contribution in [0.2, 0.25) is 0 Å². The van der Waals surface area contributed by atoms with E-state index in [2.05, 4.69) is 21.6 Å². The molecule has 15 nitrogen and oxygen atoms in total. The Morgan fingerprint density at radius 3 is 2.59 bits per heavy atom. The fourth-order valence-electron chi connectivity index (χ4n) is 7.58. The van der Waals surface area contributed by atoms with Gasteiger partial charge in [0, 0.05) is 24.3 Å². The third kappa shape index (κ3) is 7.85. The maximum atomic E-state index is 14.6. The first-order valence-electron chi connectivity index (χ1n) is 18.9. The van der Waals surface area contributed by atoms with Gasteiger partial charge >= 0.3 is 6.09 Å². The minimum atomic E-state index is -4.03. The Labute approximate surface area is 315 Å². The molecule has 3 heterocycles. The van der Waals surface area contributed by atoms with Crippen LogP contribution in [0, 0.1) is 17.3 Å². The molecule has 5 aliphatic rings. The van der Waals surface area contributed by atoms with E-state index in [9.17, 15) is 27.9 Å². The third-order valence-corrected chi connectivity index (χ3v) is 12.9. The van der Waals surface area contributed by atoms with Gasteiger partial charge in [-0.1, -0.05) is 39.7 Å². The number of amides is 3. The molecule has 2 N–H and O–H groups in total. The number of fused-ring (bicyclic) bond motifs is 5. The molecule has 0 radical (unpaired) electrons. The Bertz CT molecular complexity index is 1980. The van der Waals surface area contributed by atoms with Crippen LogP contribution in [0.5, 0.6) is 11.6 Å². The Hall–Kier alpha value is -4.47. The first-order chi connectivity index (χ1) is 25.6. The average molecular weight is 766 g/mol. The van der Waals surface area contributed by atoms with E-state index in [1.165, 1.54) is 11.0 Å². The maximum absolute atomic E-state index is 14.6. The topological polar surface area (TPSA) is 202 Å². The fraction of sp³-hybridized carbons (Fsp3) is 0.632. The zero-order valence-electron chi connectivity index (χ0n) is 31.2. The van der Waals surface area contributed by atoms with E-state index in [1.807, 2.05) is 12.1 Å². The molecule has 2 aromatic rings. The molecule has 0 spiro atoms. The van der Waals surface area contributed by atoms with Crippen LogP contribution < -0.4 is 25.2 Å². The van der Waals surface area contributed by atoms with Gasteiger partial charge in [-0.15, -0.1) is 6.58 Å². The number of hydrogen-bond acceptors (Lipinski definition) is 11. The largest absolute Gasteiger partial charge is 0.859 e. The lowest BCUT2D eigenvalue weighted by molar-refractivity contribution is -0.222. The van der Waals surface area contributed by atoms with E-state index >= 15 is 0 Å². The van der Waals surface area contributed by atoms with Crippen molar-refractivity contribution >= 4 is 44.9 Å². The summed E-state index contributed by atoms with van der Waals surface area (Å²) in [5.74, 6) is -1.59. The number of aromatic nitrogens is 2. The highest BCUT2D eigenvalue weighted by Gasteiger charge is 2.57. The molecular formula is C38H49N6O9S-. The van der Waals surface area contributed by atoms with Crippen LogP contribution in [0.25, 0.3) is 11.0 Å². The lowest BCUT2D eigenvalue weighted by Crippen LogP contribution is -2.60. The van der Waals surface area contributed by atoms with Crippen molar-refractivity contribution in [2.24, 2.45) is 21.6 Å². The second-order valence-electron chi connectivity index (χ2n) is 16.4. The van der Waals surface area contributed by atoms with Crippen LogP contribution in [-0.4, -0.2) is 95.8 Å². The van der Waals surface area contributed by atoms with Gasteiger partial charge in [-0.25, -0.2) is 23.2 Å². The van der Waals surface area contributed by atoms with E-state index in [0.29, 0.717) is 41.7 Å². The summed E-state index contributed by atoms with van der Waals surface area (Å²) in [5, 5.41) is 18.3. The van der Waals surface area contributed by atoms with Crippen LogP contribution in [0.1, 0.15) is 84.3 Å². The Balaban J connectivity index is 1.23. The summed E-state index contributed by atoms with van der Waals surface area (Å²) in [6.45, 7) is 9.14. The average Bonchev–Trinajstić information content (AvgIpc) is 4.04. The van der Waals surface area contributed by atoms with Crippen molar-refractivity contribution in [1.29, 1.82) is 0 Å². The minimum absolute atomic E-state index is 0.0143. The van der Waals surface area contributed by atoms with E-state index < -0.39 is 74.1 Å². The third-order valence-electron chi connectivity index (χ3n) is 11.2. The van der Waals surface area contributed by atoms with Crippen LogP contribution in [-0.2, 0) is 30.8 Å². The smallest absolute Gasteiger partial charge is 0.408 e. The van der Waals surface area contributed by atoms with Crippen molar-refractivity contribution in [1.82, 2.24) is 25.5 Å². The maximum Gasteiger partial charge on any atom is 0.408 e. The molecule has 4 fully saturated rings. The number of nitrogens with zero attached hydrogens (tertiary/aromatic N) is 4. The Kier molecular flexibility index (Phi) is 10.0. The van der Waals surface area contributed by atoms with Gasteiger partial charge in [-0.2, -0.15) is 4.40 Å². The van der Waals surface area contributed by atoms with Gasteiger partial charge in [0.15, 0.2) is 0 Å². The highest BCUT2D eigenvalue weighted by molar-refractivity contribution is 7.91. The quantitative estimate of drug-likeness (QED) is 0.239. The van der Waals surface area contributed by atoms with E-state index in [0.717, 1.165) is 32.1 Å². The van der Waals surface area contributed by atoms with Gasteiger partial charge in [-0.3, -0.25) is 9.59 Å². The van der Waals surface area contributed by atoms with Crippen molar-refractivity contribution in [3.05, 3.63) is 36.5 Å². The van der Waals surface area contributed by atoms with Crippen molar-refractivity contribution in [3.8, 4) is 11.6 Å². The molecule has 1 aromatic heterocycles. The van der Waals surface area contributed by atoms with E-state index in [-0.39, 0.29) is 37.3 Å². The number of alkyl carbamates (subject to hydrolysis) is 1. The number of sulfonamides is 1. The first-order valence-corrected chi connectivity index (χ1v) is 20.4. The Morgan fingerprint density at radius 1 is 1.13 bits per heavy atom. The summed E-state index contributed by atoms with van der Waals surface area (Å²) in [4.78, 5) is 53.2. The Morgan fingerprint density at radius 2 is 1.91 bits per heavy atom. The van der Waals surface area contributed by atoms with Crippen LogP contribution >= 0.6 is 0 Å². The predicted molar refractivity (Wildman–Crippen MR) is 196 cm³/mol. The number of carbonyl (C=O) groups is 3. The number of methoxy groups -OCH3 is 1. The number of ether oxygens (including phenoxy) is 3. The summed E-state index contributed by atoms with van der Waals surface area (Å²) in [6.07, 6.45) is 5.77. The molecule has 3 aliphatic carbocycles. The van der Waals surface area contributed by atoms with Gasteiger partial charge < -0.3 is 34.9 Å². The number of nitrogens with one attached hydrogen (secondary N) is 2. The number of aryl methyl sites for hydroxylation is 1. The molecule has 7 atom stereocenters. The molecular weight excluding hydrogens is 717 g/mol. The lowest BCUT2D eigenvalue weighted by atomic mass is 9.85. The molecule has 292 valence electrons. The van der Waals surface area contributed by atoms with Gasteiger partial charge in [0.25, 0.3) is 10.0 Å². The summed E-state index contributed by atoms with van der Waals surface area (Å²) in [5.41, 5.74) is -0.522. The number of carbonyl (C=O) groups excluding carboxylic acids is 3. The summed E-state index contributed by atoms with van der Waals surface area (Å²) >= 11 is 0. The van der Waals surface area contributed by atoms with Crippen molar-refractivity contribution in [2.45, 2.75) is 120 Å². The molecule has 16 heteroatoms. The second-order valence-corrected chi connectivity index (χ2v) is 18.3. The standard InChI is InChI=1S/C38H50N6O9S/c1-6-22-19-38(22,35(47)43-54(49,50)25-13-14-25)42-32(45)29-18-24-20-44(29)34(46)31(37(2,3)4)41-36(48)53-30-16-21(30)10-8-7-9-11-27-33(52-24)40-28-17-23(51-5)12-15-26(28)39-27/h6,12,15,17,21-22,24-25,29-31H,1,7-11,13-14,16,18-20H2,2-5H3,(H,41,48)(H,42,45)(H,43,47)/p-1/t21-,22+,24?,29+,30-,31-,38-/m1/s1. The van der Waals surface area contributed by atoms with Crippen molar-refractivity contribution in [3.63, 3.8) is 0 Å². The van der Waals surface area contributed by atoms with Gasteiger partial charge in [0.1, 0.15) is 35.7 Å². The number of hydrogen-bond donors (Lipinski definition) is 2. The molecule has 2 aliphatic heterocycles. The van der Waals surface area contributed by atoms with Gasteiger partial charge in [0.05, 0.1) is 35.5 Å². The molecule has 1 aromatic carbocycles. The summed E-state index contributed by atoms with van der Waals surface area (Å²) in [7, 11) is -2.46. The predicted octanol–water partition coefficient (Wildman–Crippen LogP) is 2.94. The molecule has 1 saturated heterocycles. The van der Waals surface area contributed by atoms with E-state index in [1.54, 1.807) is 33.9 Å². The van der Waals surface area contributed by atoms with Crippen LogP contribution in [0.15, 0.2) is 35.3 Å². The monoisotopic (exact) mass is 765 g/mol. The molecule has 7 rings (SSSR count). The van der Waals surface area contributed by atoms with E-state index in [4.69, 9.17) is 24.2 Å². The van der Waals surface area contributed by atoms with Crippen LogP contribution in [0.4, 0.5) is 4.79 Å². The molecule has 3 amide bonds. The number of rotatable bonds is 7. The minimum Gasteiger partial charge on any atom is -0.859 e. The highest BCUT2D eigenvalue weighted by atomic mass is 32.2. The molecule has 54 heavy (non-hydrogen) atoms. The first kappa shape index (κ1) is 37.8. The van der Waals surface area contributed by atoms with Crippen molar-refractivity contribution < 1.29 is 42.1 Å².